The third-order valence-electron chi connectivity index (χ3n) is 5.11. The van der Waals surface area contributed by atoms with Gasteiger partial charge in [0.1, 0.15) is 6.10 Å². The van der Waals surface area contributed by atoms with Gasteiger partial charge in [0.15, 0.2) is 5.96 Å². The zero-order valence-corrected chi connectivity index (χ0v) is 20.5. The first-order valence-corrected chi connectivity index (χ1v) is 10.9. The molecule has 3 rings (SSSR count). The van der Waals surface area contributed by atoms with Gasteiger partial charge in [-0.3, -0.25) is 4.99 Å². The molecule has 5 nitrogen and oxygen atoms in total. The van der Waals surface area contributed by atoms with E-state index in [9.17, 15) is 5.11 Å². The number of aliphatic hydroxyl groups is 1. The number of halogens is 2. The van der Waals surface area contributed by atoms with Crippen LogP contribution in [0.3, 0.4) is 0 Å². The van der Waals surface area contributed by atoms with Gasteiger partial charge < -0.3 is 20.5 Å². The van der Waals surface area contributed by atoms with Crippen LogP contribution >= 0.6 is 46.9 Å². The van der Waals surface area contributed by atoms with E-state index in [1.165, 1.54) is 16.9 Å². The number of hydrogen-bond acceptors (Lipinski definition) is 4. The van der Waals surface area contributed by atoms with Crippen LogP contribution in [0.5, 0.6) is 0 Å². The minimum Gasteiger partial charge on any atom is -0.386 e. The molecule has 0 spiro atoms. The highest BCUT2D eigenvalue weighted by atomic mass is 127. The Morgan fingerprint density at radius 2 is 1.93 bits per heavy atom. The zero-order chi connectivity index (χ0) is 19.8. The number of rotatable bonds is 7. The van der Waals surface area contributed by atoms with E-state index in [1.807, 2.05) is 19.1 Å². The van der Waals surface area contributed by atoms with Gasteiger partial charge in [0.2, 0.25) is 0 Å². The molecule has 160 valence electrons. The predicted octanol–water partition coefficient (Wildman–Crippen LogP) is 4.36. The molecule has 1 saturated heterocycles. The lowest BCUT2D eigenvalue weighted by Gasteiger charge is -2.36. The van der Waals surface area contributed by atoms with Gasteiger partial charge in [-0.05, 0) is 37.5 Å². The van der Waals surface area contributed by atoms with Gasteiger partial charge >= 0.3 is 0 Å². The Bertz CT molecular complexity index is 766. The van der Waals surface area contributed by atoms with Crippen LogP contribution in [0.1, 0.15) is 36.3 Å². The van der Waals surface area contributed by atoms with Gasteiger partial charge in [0.25, 0.3) is 0 Å². The molecule has 1 unspecified atom stereocenters. The van der Waals surface area contributed by atoms with Crippen molar-refractivity contribution in [2.75, 3.05) is 32.8 Å². The SMILES string of the molecule is CCNC(=NCC1(c2ccccc2)CCOCC1)NCC(O)c1ccc(Cl)s1.I. The molecule has 29 heavy (non-hydrogen) atoms. The molecule has 2 heterocycles. The number of aliphatic imine (C=N–C) groups is 1. The summed E-state index contributed by atoms with van der Waals surface area (Å²) in [5.41, 5.74) is 1.30. The summed E-state index contributed by atoms with van der Waals surface area (Å²) in [6.07, 6.45) is 1.29. The molecule has 0 amide bonds. The van der Waals surface area contributed by atoms with Gasteiger partial charge in [-0.25, -0.2) is 0 Å². The van der Waals surface area contributed by atoms with Crippen molar-refractivity contribution in [2.24, 2.45) is 4.99 Å². The third-order valence-corrected chi connectivity index (χ3v) is 6.44. The molecule has 1 aromatic carbocycles. The molecule has 8 heteroatoms. The second-order valence-electron chi connectivity index (χ2n) is 6.99. The monoisotopic (exact) mass is 549 g/mol. The van der Waals surface area contributed by atoms with Crippen LogP contribution in [0.15, 0.2) is 47.5 Å². The third kappa shape index (κ3) is 6.82. The lowest BCUT2D eigenvalue weighted by atomic mass is 9.74. The number of nitrogens with zero attached hydrogens (tertiary/aromatic N) is 1. The predicted molar refractivity (Wildman–Crippen MR) is 132 cm³/mol. The van der Waals surface area contributed by atoms with E-state index in [2.05, 4.69) is 34.9 Å². The lowest BCUT2D eigenvalue weighted by molar-refractivity contribution is 0.0531. The summed E-state index contributed by atoms with van der Waals surface area (Å²) in [6.45, 7) is 5.36. The van der Waals surface area contributed by atoms with Crippen LogP contribution in [0.2, 0.25) is 4.34 Å². The Labute approximate surface area is 198 Å². The fourth-order valence-electron chi connectivity index (χ4n) is 3.47. The first kappa shape index (κ1) is 24.4. The molecular formula is C21H29ClIN3O2S. The first-order chi connectivity index (χ1) is 13.6. The molecule has 1 aliphatic rings. The van der Waals surface area contributed by atoms with Gasteiger partial charge in [-0.15, -0.1) is 35.3 Å². The number of benzene rings is 1. The molecule has 1 fully saturated rings. The van der Waals surface area contributed by atoms with E-state index in [0.717, 1.165) is 37.5 Å². The molecule has 1 atom stereocenters. The molecule has 0 bridgehead atoms. The largest absolute Gasteiger partial charge is 0.386 e. The van der Waals surface area contributed by atoms with Gasteiger partial charge in [0.05, 0.1) is 10.9 Å². The Morgan fingerprint density at radius 3 is 2.55 bits per heavy atom. The minimum atomic E-state index is -0.618. The number of ether oxygens (including phenoxy) is 1. The lowest BCUT2D eigenvalue weighted by Crippen LogP contribution is -2.42. The first-order valence-electron chi connectivity index (χ1n) is 9.72. The van der Waals surface area contributed by atoms with Crippen LogP contribution in [0, 0.1) is 0 Å². The zero-order valence-electron chi connectivity index (χ0n) is 16.6. The maximum Gasteiger partial charge on any atom is 0.191 e. The highest BCUT2D eigenvalue weighted by molar-refractivity contribution is 14.0. The van der Waals surface area contributed by atoms with Crippen molar-refractivity contribution in [1.29, 1.82) is 0 Å². The van der Waals surface area contributed by atoms with Gasteiger partial charge in [-0.2, -0.15) is 0 Å². The summed E-state index contributed by atoms with van der Waals surface area (Å²) in [7, 11) is 0. The van der Waals surface area contributed by atoms with Gasteiger partial charge in [-0.1, -0.05) is 41.9 Å². The summed E-state index contributed by atoms with van der Waals surface area (Å²) in [4.78, 5) is 5.71. The normalized spacial score (nSPS) is 17.3. The van der Waals surface area contributed by atoms with E-state index >= 15 is 0 Å². The summed E-state index contributed by atoms with van der Waals surface area (Å²) >= 11 is 7.36. The maximum atomic E-state index is 10.4. The molecule has 0 radical (unpaired) electrons. The highest BCUT2D eigenvalue weighted by Crippen LogP contribution is 2.35. The van der Waals surface area contributed by atoms with Crippen molar-refractivity contribution in [3.63, 3.8) is 0 Å². The molecule has 1 aromatic heterocycles. The Hall–Kier alpha value is -0.870. The second kappa shape index (κ2) is 12.1. The molecule has 3 N–H and O–H groups in total. The second-order valence-corrected chi connectivity index (χ2v) is 8.74. The molecular weight excluding hydrogens is 521 g/mol. The molecule has 0 saturated carbocycles. The minimum absolute atomic E-state index is 0. The van der Waals surface area contributed by atoms with Crippen molar-refractivity contribution in [2.45, 2.75) is 31.3 Å². The van der Waals surface area contributed by atoms with E-state index < -0.39 is 6.10 Å². The fourth-order valence-corrected chi connectivity index (χ4v) is 4.51. The molecule has 0 aliphatic carbocycles. The smallest absolute Gasteiger partial charge is 0.191 e. The number of nitrogens with one attached hydrogen (secondary N) is 2. The van der Waals surface area contributed by atoms with Crippen molar-refractivity contribution in [3.8, 4) is 0 Å². The Morgan fingerprint density at radius 1 is 1.21 bits per heavy atom. The molecule has 1 aliphatic heterocycles. The standard InChI is InChI=1S/C21H28ClN3O2S.HI/c1-2-23-20(24-14-17(26)18-8-9-19(22)28-18)25-15-21(10-12-27-13-11-21)16-6-4-3-5-7-16;/h3-9,17,26H,2,10-15H2,1H3,(H2,23,24,25);1H. The van der Waals surface area contributed by atoms with Crippen molar-refractivity contribution in [3.05, 3.63) is 57.2 Å². The summed E-state index contributed by atoms with van der Waals surface area (Å²) in [5, 5.41) is 16.9. The summed E-state index contributed by atoms with van der Waals surface area (Å²) in [6, 6.07) is 14.2. The number of thiophene rings is 1. The van der Waals surface area contributed by atoms with E-state index in [-0.39, 0.29) is 29.4 Å². The average molecular weight is 550 g/mol. The number of guanidine groups is 1. The topological polar surface area (TPSA) is 65.9 Å². The van der Waals surface area contributed by atoms with Crippen LogP contribution in [-0.4, -0.2) is 43.9 Å². The van der Waals surface area contributed by atoms with Crippen LogP contribution in [0.25, 0.3) is 0 Å². The van der Waals surface area contributed by atoms with Crippen molar-refractivity contribution >= 4 is 52.9 Å². The molecule has 2 aromatic rings. The van der Waals surface area contributed by atoms with Crippen molar-refractivity contribution in [1.82, 2.24) is 10.6 Å². The van der Waals surface area contributed by atoms with E-state index in [0.29, 0.717) is 23.4 Å². The maximum absolute atomic E-state index is 10.4. The highest BCUT2D eigenvalue weighted by Gasteiger charge is 2.34. The summed E-state index contributed by atoms with van der Waals surface area (Å²) in [5.74, 6) is 0.714. The van der Waals surface area contributed by atoms with E-state index in [1.54, 1.807) is 6.07 Å². The van der Waals surface area contributed by atoms with Crippen LogP contribution in [-0.2, 0) is 10.2 Å². The quantitative estimate of drug-likeness (QED) is 0.273. The number of hydrogen-bond donors (Lipinski definition) is 3. The Kier molecular flexibility index (Phi) is 10.2. The average Bonchev–Trinajstić information content (AvgIpc) is 3.17. The van der Waals surface area contributed by atoms with E-state index in [4.69, 9.17) is 21.3 Å². The van der Waals surface area contributed by atoms with Crippen LogP contribution < -0.4 is 10.6 Å². The van der Waals surface area contributed by atoms with Crippen molar-refractivity contribution < 1.29 is 9.84 Å². The Balaban J connectivity index is 0.00000300. The fraction of sp³-hybridized carbons (Fsp3) is 0.476. The van der Waals surface area contributed by atoms with Crippen LogP contribution in [0.4, 0.5) is 0 Å². The number of aliphatic hydroxyl groups excluding tert-OH is 1. The van der Waals surface area contributed by atoms with Gasteiger partial charge in [0, 0.05) is 36.6 Å². The summed E-state index contributed by atoms with van der Waals surface area (Å²) < 4.78 is 6.29.